The summed E-state index contributed by atoms with van der Waals surface area (Å²) in [7, 11) is 1.86. The van der Waals surface area contributed by atoms with Gasteiger partial charge in [0.2, 0.25) is 0 Å². The lowest BCUT2D eigenvalue weighted by molar-refractivity contribution is 0.102. The molecule has 1 N–H and O–H groups in total. The number of carbonyl (C=O) groups excluding carboxylic acids is 1. The standard InChI is InChI=1S/C20H20N8O/c1-11-8-14(6-7-17(11)28-10-21-25-26-28)22-20(29)15-9-16(13-4-5-13)23-19-18(15)12(2)24-27(19)3/h6-10,13H,4-5H2,1-3H3,(H,22,29). The van der Waals surface area contributed by atoms with Crippen LogP contribution in [-0.2, 0) is 7.05 Å². The summed E-state index contributed by atoms with van der Waals surface area (Å²) in [5, 5.41) is 19.5. The highest BCUT2D eigenvalue weighted by Gasteiger charge is 2.28. The SMILES string of the molecule is Cc1cc(NC(=O)c2cc(C3CC3)nc3c2c(C)nn3C)ccc1-n1cnnn1. The topological polar surface area (TPSA) is 103 Å². The molecule has 1 fully saturated rings. The van der Waals surface area contributed by atoms with Crippen LogP contribution in [0, 0.1) is 13.8 Å². The molecule has 1 aliphatic carbocycles. The number of anilines is 1. The van der Waals surface area contributed by atoms with Crippen molar-refractivity contribution in [1.82, 2.24) is 35.0 Å². The number of amides is 1. The number of aryl methyl sites for hydroxylation is 3. The molecule has 1 saturated carbocycles. The van der Waals surface area contributed by atoms with E-state index >= 15 is 0 Å². The van der Waals surface area contributed by atoms with Crippen LogP contribution in [0.25, 0.3) is 16.7 Å². The van der Waals surface area contributed by atoms with Gasteiger partial charge in [-0.3, -0.25) is 9.48 Å². The Morgan fingerprint density at radius 3 is 2.72 bits per heavy atom. The van der Waals surface area contributed by atoms with Gasteiger partial charge in [0.15, 0.2) is 5.65 Å². The van der Waals surface area contributed by atoms with Gasteiger partial charge in [0.25, 0.3) is 5.91 Å². The Hall–Kier alpha value is -3.62. The lowest BCUT2D eigenvalue weighted by Gasteiger charge is -2.11. The number of nitrogens with zero attached hydrogens (tertiary/aromatic N) is 7. The summed E-state index contributed by atoms with van der Waals surface area (Å²) in [6.07, 6.45) is 3.78. The molecule has 0 aliphatic heterocycles. The lowest BCUT2D eigenvalue weighted by atomic mass is 10.1. The minimum absolute atomic E-state index is 0.162. The molecule has 3 aromatic heterocycles. The Kier molecular flexibility index (Phi) is 3.90. The molecular formula is C20H20N8O. The van der Waals surface area contributed by atoms with E-state index in [0.717, 1.165) is 46.5 Å². The molecule has 29 heavy (non-hydrogen) atoms. The molecule has 5 rings (SSSR count). The largest absolute Gasteiger partial charge is 0.322 e. The number of carbonyl (C=O) groups is 1. The summed E-state index contributed by atoms with van der Waals surface area (Å²) in [6, 6.07) is 7.56. The van der Waals surface area contributed by atoms with Crippen LogP contribution in [0.1, 0.15) is 46.1 Å². The van der Waals surface area contributed by atoms with E-state index in [1.54, 1.807) is 15.7 Å². The van der Waals surface area contributed by atoms with Crippen molar-refractivity contribution in [2.75, 3.05) is 5.32 Å². The average Bonchev–Trinajstić information content (AvgIpc) is 3.33. The van der Waals surface area contributed by atoms with Gasteiger partial charge >= 0.3 is 0 Å². The highest BCUT2D eigenvalue weighted by molar-refractivity contribution is 6.12. The van der Waals surface area contributed by atoms with Gasteiger partial charge in [-0.05, 0) is 66.9 Å². The molecule has 9 nitrogen and oxygen atoms in total. The monoisotopic (exact) mass is 388 g/mol. The summed E-state index contributed by atoms with van der Waals surface area (Å²) in [4.78, 5) is 18.0. The number of benzene rings is 1. The second-order valence-corrected chi connectivity index (χ2v) is 7.49. The summed E-state index contributed by atoms with van der Waals surface area (Å²) >= 11 is 0. The minimum Gasteiger partial charge on any atom is -0.322 e. The van der Waals surface area contributed by atoms with Crippen LogP contribution in [-0.4, -0.2) is 40.9 Å². The summed E-state index contributed by atoms with van der Waals surface area (Å²) < 4.78 is 3.34. The van der Waals surface area contributed by atoms with Crippen molar-refractivity contribution >= 4 is 22.6 Å². The molecule has 146 valence electrons. The third kappa shape index (κ3) is 3.04. The molecule has 9 heteroatoms. The van der Waals surface area contributed by atoms with Gasteiger partial charge in [-0.1, -0.05) is 0 Å². The maximum Gasteiger partial charge on any atom is 0.256 e. The Bertz CT molecular complexity index is 1240. The Morgan fingerprint density at radius 1 is 1.21 bits per heavy atom. The fourth-order valence-electron chi connectivity index (χ4n) is 3.69. The van der Waals surface area contributed by atoms with E-state index in [1.807, 2.05) is 45.2 Å². The zero-order valence-corrected chi connectivity index (χ0v) is 16.4. The summed E-state index contributed by atoms with van der Waals surface area (Å²) in [6.45, 7) is 3.86. The van der Waals surface area contributed by atoms with E-state index in [0.29, 0.717) is 17.2 Å². The second kappa shape index (κ2) is 6.47. The van der Waals surface area contributed by atoms with E-state index in [9.17, 15) is 4.79 Å². The first kappa shape index (κ1) is 17.5. The van der Waals surface area contributed by atoms with Crippen LogP contribution < -0.4 is 5.32 Å². The Labute approximate surface area is 166 Å². The van der Waals surface area contributed by atoms with Gasteiger partial charge in [-0.2, -0.15) is 5.10 Å². The van der Waals surface area contributed by atoms with Crippen LogP contribution >= 0.6 is 0 Å². The van der Waals surface area contributed by atoms with Crippen molar-refractivity contribution in [2.24, 2.45) is 7.05 Å². The normalized spacial score (nSPS) is 13.8. The van der Waals surface area contributed by atoms with Gasteiger partial charge in [-0.15, -0.1) is 5.10 Å². The van der Waals surface area contributed by atoms with Crippen LogP contribution in [0.2, 0.25) is 0 Å². The van der Waals surface area contributed by atoms with Crippen LogP contribution in [0.4, 0.5) is 5.69 Å². The first-order chi connectivity index (χ1) is 14.0. The van der Waals surface area contributed by atoms with Crippen molar-refractivity contribution < 1.29 is 4.79 Å². The maximum atomic E-state index is 13.2. The molecule has 0 unspecified atom stereocenters. The third-order valence-corrected chi connectivity index (χ3v) is 5.28. The molecule has 0 radical (unpaired) electrons. The highest BCUT2D eigenvalue weighted by Crippen LogP contribution is 2.40. The lowest BCUT2D eigenvalue weighted by Crippen LogP contribution is -2.14. The second-order valence-electron chi connectivity index (χ2n) is 7.49. The molecule has 0 atom stereocenters. The van der Waals surface area contributed by atoms with Gasteiger partial charge in [0, 0.05) is 24.3 Å². The predicted octanol–water partition coefficient (Wildman–Crippen LogP) is 2.69. The Balaban J connectivity index is 1.51. The van der Waals surface area contributed by atoms with E-state index in [-0.39, 0.29) is 5.91 Å². The van der Waals surface area contributed by atoms with E-state index in [4.69, 9.17) is 4.98 Å². The van der Waals surface area contributed by atoms with Gasteiger partial charge in [0.1, 0.15) is 6.33 Å². The zero-order chi connectivity index (χ0) is 20.1. The molecule has 0 spiro atoms. The predicted molar refractivity (Wildman–Crippen MR) is 107 cm³/mol. The van der Waals surface area contributed by atoms with Crippen LogP contribution in [0.5, 0.6) is 0 Å². The van der Waals surface area contributed by atoms with Crippen LogP contribution in [0.15, 0.2) is 30.6 Å². The summed E-state index contributed by atoms with van der Waals surface area (Å²) in [5.41, 5.74) is 5.66. The molecule has 0 bridgehead atoms. The molecule has 0 saturated heterocycles. The van der Waals surface area contributed by atoms with Gasteiger partial charge in [-0.25, -0.2) is 9.67 Å². The van der Waals surface area contributed by atoms with Crippen molar-refractivity contribution in [2.45, 2.75) is 32.6 Å². The number of aromatic nitrogens is 7. The molecule has 3 heterocycles. The number of tetrazole rings is 1. The molecule has 1 aromatic carbocycles. The molecule has 4 aromatic rings. The molecule has 1 amide bonds. The third-order valence-electron chi connectivity index (χ3n) is 5.28. The number of hydrogen-bond donors (Lipinski definition) is 1. The van der Waals surface area contributed by atoms with Gasteiger partial charge in [0.05, 0.1) is 22.3 Å². The van der Waals surface area contributed by atoms with Crippen molar-refractivity contribution in [1.29, 1.82) is 0 Å². The number of hydrogen-bond acceptors (Lipinski definition) is 6. The molecule has 1 aliphatic rings. The smallest absolute Gasteiger partial charge is 0.256 e. The fourth-order valence-corrected chi connectivity index (χ4v) is 3.69. The van der Waals surface area contributed by atoms with E-state index < -0.39 is 0 Å². The first-order valence-electron chi connectivity index (χ1n) is 9.51. The quantitative estimate of drug-likeness (QED) is 0.576. The number of fused-ring (bicyclic) bond motifs is 1. The highest BCUT2D eigenvalue weighted by atomic mass is 16.1. The van der Waals surface area contributed by atoms with Crippen molar-refractivity contribution in [3.63, 3.8) is 0 Å². The maximum absolute atomic E-state index is 13.2. The number of rotatable bonds is 4. The minimum atomic E-state index is -0.162. The average molecular weight is 388 g/mol. The van der Waals surface area contributed by atoms with E-state index in [2.05, 4.69) is 25.9 Å². The Morgan fingerprint density at radius 2 is 2.03 bits per heavy atom. The zero-order valence-electron chi connectivity index (χ0n) is 16.4. The van der Waals surface area contributed by atoms with Crippen molar-refractivity contribution in [3.05, 3.63) is 53.1 Å². The van der Waals surface area contributed by atoms with Crippen LogP contribution in [0.3, 0.4) is 0 Å². The molecular weight excluding hydrogens is 368 g/mol. The van der Waals surface area contributed by atoms with Crippen molar-refractivity contribution in [3.8, 4) is 5.69 Å². The summed E-state index contributed by atoms with van der Waals surface area (Å²) in [5.74, 6) is 0.281. The fraction of sp³-hybridized carbons (Fsp3) is 0.300. The first-order valence-corrected chi connectivity index (χ1v) is 9.51. The number of pyridine rings is 1. The van der Waals surface area contributed by atoms with E-state index in [1.165, 1.54) is 0 Å². The van der Waals surface area contributed by atoms with Gasteiger partial charge < -0.3 is 5.32 Å². The number of nitrogens with one attached hydrogen (secondary N) is 1.